The Morgan fingerprint density at radius 2 is 1.71 bits per heavy atom. The zero-order valence-electron chi connectivity index (χ0n) is 17.0. The fourth-order valence-corrected chi connectivity index (χ4v) is 5.19. The average molecular weight is 444 g/mol. The van der Waals surface area contributed by atoms with Gasteiger partial charge in [-0.15, -0.1) is 0 Å². The molecule has 1 saturated heterocycles. The highest BCUT2D eigenvalue weighted by Crippen LogP contribution is 2.31. The van der Waals surface area contributed by atoms with Crippen LogP contribution in [0.5, 0.6) is 0 Å². The van der Waals surface area contributed by atoms with Crippen LogP contribution in [0, 0.1) is 0 Å². The molecule has 4 rings (SSSR count). The van der Waals surface area contributed by atoms with Crippen LogP contribution < -0.4 is 10.0 Å². The minimum atomic E-state index is -3.73. The second-order valence-corrected chi connectivity index (χ2v) is 9.36. The van der Waals surface area contributed by atoms with Crippen LogP contribution >= 0.6 is 0 Å². The Bertz CT molecular complexity index is 1060. The van der Waals surface area contributed by atoms with Gasteiger partial charge in [0.25, 0.3) is 0 Å². The van der Waals surface area contributed by atoms with E-state index in [0.29, 0.717) is 32.0 Å². The molecule has 2 aliphatic rings. The first-order valence-electron chi connectivity index (χ1n) is 10.3. The van der Waals surface area contributed by atoms with Gasteiger partial charge >= 0.3 is 11.8 Å². The number of anilines is 1. The second-order valence-electron chi connectivity index (χ2n) is 7.65. The van der Waals surface area contributed by atoms with Crippen molar-refractivity contribution >= 4 is 27.5 Å². The molecular formula is C22H25N3O5S. The first kappa shape index (κ1) is 21.5. The molecular weight excluding hydrogens is 418 g/mol. The molecule has 8 nitrogen and oxygen atoms in total. The molecule has 2 aromatic rings. The van der Waals surface area contributed by atoms with Crippen molar-refractivity contribution < 1.29 is 22.7 Å². The summed E-state index contributed by atoms with van der Waals surface area (Å²) in [6, 6.07) is 13.4. The third kappa shape index (κ3) is 4.95. The van der Waals surface area contributed by atoms with Crippen LogP contribution in [0.3, 0.4) is 0 Å². The summed E-state index contributed by atoms with van der Waals surface area (Å²) in [5, 5.41) is 2.53. The molecule has 9 heteroatoms. The van der Waals surface area contributed by atoms with Crippen molar-refractivity contribution in [2.24, 2.45) is 0 Å². The van der Waals surface area contributed by atoms with Gasteiger partial charge in [-0.1, -0.05) is 24.3 Å². The van der Waals surface area contributed by atoms with Crippen molar-refractivity contribution in [3.63, 3.8) is 0 Å². The quantitative estimate of drug-likeness (QED) is 0.702. The van der Waals surface area contributed by atoms with Crippen molar-refractivity contribution in [1.29, 1.82) is 0 Å². The molecule has 0 bridgehead atoms. The summed E-state index contributed by atoms with van der Waals surface area (Å²) in [4.78, 5) is 25.9. The highest BCUT2D eigenvalue weighted by molar-refractivity contribution is 7.89. The molecule has 1 atom stereocenters. The zero-order chi connectivity index (χ0) is 21.8. The Balaban J connectivity index is 1.41. The van der Waals surface area contributed by atoms with Crippen LogP contribution in [-0.2, 0) is 30.8 Å². The van der Waals surface area contributed by atoms with Gasteiger partial charge in [0.05, 0.1) is 18.1 Å². The van der Waals surface area contributed by atoms with Crippen molar-refractivity contribution in [2.75, 3.05) is 31.6 Å². The molecule has 2 amide bonds. The standard InChI is InChI=1S/C22H25N3O5S/c26-21(22(27)25-12-14-30-15-13-25)23-17-8-10-18(11-9-17)31(28,29)24-20-7-3-5-16-4-1-2-6-19(16)20/h1-2,4,6,8-11,20,24H,3,5,7,12-15H2,(H,23,26)/t20-/m0/s1. The van der Waals surface area contributed by atoms with Gasteiger partial charge in [0, 0.05) is 24.8 Å². The number of fused-ring (bicyclic) bond motifs is 1. The number of rotatable bonds is 4. The van der Waals surface area contributed by atoms with Crippen LogP contribution in [0.25, 0.3) is 0 Å². The molecule has 0 radical (unpaired) electrons. The maximum absolute atomic E-state index is 12.9. The van der Waals surface area contributed by atoms with Crippen LogP contribution in [-0.4, -0.2) is 51.4 Å². The maximum Gasteiger partial charge on any atom is 0.313 e. The van der Waals surface area contributed by atoms with E-state index in [1.54, 1.807) is 0 Å². The SMILES string of the molecule is O=C(Nc1ccc(S(=O)(=O)N[C@H]2CCCc3ccccc32)cc1)C(=O)N1CCOCC1. The molecule has 0 saturated carbocycles. The number of hydrogen-bond acceptors (Lipinski definition) is 5. The van der Waals surface area contributed by atoms with Crippen LogP contribution in [0.1, 0.15) is 30.0 Å². The third-order valence-corrected chi connectivity index (χ3v) is 7.07. The molecule has 1 aliphatic heterocycles. The van der Waals surface area contributed by atoms with Gasteiger partial charge in [-0.2, -0.15) is 0 Å². The topological polar surface area (TPSA) is 105 Å². The molecule has 31 heavy (non-hydrogen) atoms. The summed E-state index contributed by atoms with van der Waals surface area (Å²) < 4.78 is 33.8. The summed E-state index contributed by atoms with van der Waals surface area (Å²) in [5.74, 6) is -1.38. The Labute approximate surface area is 181 Å². The van der Waals surface area contributed by atoms with Gasteiger partial charge in [0.15, 0.2) is 0 Å². The van der Waals surface area contributed by atoms with Gasteiger partial charge in [-0.25, -0.2) is 13.1 Å². The lowest BCUT2D eigenvalue weighted by molar-refractivity contribution is -0.145. The highest BCUT2D eigenvalue weighted by atomic mass is 32.2. The molecule has 1 heterocycles. The van der Waals surface area contributed by atoms with Crippen molar-refractivity contribution in [3.05, 3.63) is 59.7 Å². The minimum Gasteiger partial charge on any atom is -0.378 e. The number of nitrogens with one attached hydrogen (secondary N) is 2. The molecule has 0 aromatic heterocycles. The molecule has 1 aliphatic carbocycles. The number of amides is 2. The van der Waals surface area contributed by atoms with E-state index >= 15 is 0 Å². The Morgan fingerprint density at radius 3 is 2.45 bits per heavy atom. The Kier molecular flexibility index (Phi) is 6.35. The molecule has 0 unspecified atom stereocenters. The van der Waals surface area contributed by atoms with Gasteiger partial charge in [-0.3, -0.25) is 9.59 Å². The number of morpholine rings is 1. The summed E-state index contributed by atoms with van der Waals surface area (Å²) >= 11 is 0. The first-order valence-corrected chi connectivity index (χ1v) is 11.8. The predicted molar refractivity (Wildman–Crippen MR) is 115 cm³/mol. The van der Waals surface area contributed by atoms with E-state index in [0.717, 1.165) is 24.8 Å². The number of nitrogens with zero attached hydrogens (tertiary/aromatic N) is 1. The molecule has 2 N–H and O–H groups in total. The van der Waals surface area contributed by atoms with Gasteiger partial charge in [0.1, 0.15) is 0 Å². The second kappa shape index (κ2) is 9.17. The third-order valence-electron chi connectivity index (χ3n) is 5.58. The maximum atomic E-state index is 12.9. The predicted octanol–water partition coefficient (Wildman–Crippen LogP) is 1.84. The smallest absolute Gasteiger partial charge is 0.313 e. The van der Waals surface area contributed by atoms with E-state index in [1.807, 2.05) is 24.3 Å². The number of carbonyl (C=O) groups excluding carboxylic acids is 2. The highest BCUT2D eigenvalue weighted by Gasteiger charge is 2.26. The zero-order valence-corrected chi connectivity index (χ0v) is 17.9. The van der Waals surface area contributed by atoms with E-state index in [1.165, 1.54) is 34.7 Å². The number of aryl methyl sites for hydroxylation is 1. The van der Waals surface area contributed by atoms with Crippen LogP contribution in [0.2, 0.25) is 0 Å². The number of carbonyl (C=O) groups is 2. The molecule has 164 valence electrons. The molecule has 1 fully saturated rings. The largest absolute Gasteiger partial charge is 0.378 e. The van der Waals surface area contributed by atoms with Crippen LogP contribution in [0.15, 0.2) is 53.4 Å². The van der Waals surface area contributed by atoms with Gasteiger partial charge < -0.3 is 15.0 Å². The minimum absolute atomic E-state index is 0.105. The van der Waals surface area contributed by atoms with Crippen molar-refractivity contribution in [2.45, 2.75) is 30.2 Å². The summed E-state index contributed by atoms with van der Waals surface area (Å²) in [7, 11) is -3.73. The van der Waals surface area contributed by atoms with Gasteiger partial charge in [-0.05, 0) is 54.7 Å². The fraction of sp³-hybridized carbons (Fsp3) is 0.364. The lowest BCUT2D eigenvalue weighted by Crippen LogP contribution is -2.45. The normalized spacial score (nSPS) is 18.8. The van der Waals surface area contributed by atoms with E-state index in [4.69, 9.17) is 4.74 Å². The average Bonchev–Trinajstić information content (AvgIpc) is 2.79. The van der Waals surface area contributed by atoms with E-state index in [2.05, 4.69) is 10.0 Å². The number of hydrogen-bond donors (Lipinski definition) is 2. The number of sulfonamides is 1. The summed E-state index contributed by atoms with van der Waals surface area (Å²) in [6.07, 6.45) is 2.62. The van der Waals surface area contributed by atoms with E-state index in [-0.39, 0.29) is 10.9 Å². The fourth-order valence-electron chi connectivity index (χ4n) is 3.94. The molecule has 0 spiro atoms. The monoisotopic (exact) mass is 443 g/mol. The first-order chi connectivity index (χ1) is 14.9. The Morgan fingerprint density at radius 1 is 1.00 bits per heavy atom. The molecule has 2 aromatic carbocycles. The van der Waals surface area contributed by atoms with E-state index in [9.17, 15) is 18.0 Å². The van der Waals surface area contributed by atoms with Gasteiger partial charge in [0.2, 0.25) is 10.0 Å². The van der Waals surface area contributed by atoms with E-state index < -0.39 is 21.8 Å². The lowest BCUT2D eigenvalue weighted by atomic mass is 9.88. The summed E-state index contributed by atoms with van der Waals surface area (Å²) in [5.41, 5.74) is 2.54. The Hall–Kier alpha value is -2.75. The van der Waals surface area contributed by atoms with Crippen molar-refractivity contribution in [3.8, 4) is 0 Å². The lowest BCUT2D eigenvalue weighted by Gasteiger charge is -2.26. The van der Waals surface area contributed by atoms with Crippen molar-refractivity contribution in [1.82, 2.24) is 9.62 Å². The van der Waals surface area contributed by atoms with Crippen LogP contribution in [0.4, 0.5) is 5.69 Å². The number of benzene rings is 2. The summed E-state index contributed by atoms with van der Waals surface area (Å²) in [6.45, 7) is 1.56. The number of ether oxygens (including phenoxy) is 1.